The predicted octanol–water partition coefficient (Wildman–Crippen LogP) is 2.28. The molecule has 2 rings (SSSR count). The first-order chi connectivity index (χ1) is 7.66. The van der Waals surface area contributed by atoms with Crippen molar-refractivity contribution in [3.63, 3.8) is 0 Å². The average Bonchev–Trinajstić information content (AvgIpc) is 2.30. The summed E-state index contributed by atoms with van der Waals surface area (Å²) in [6, 6.07) is 7.96. The predicted molar refractivity (Wildman–Crippen MR) is 79.5 cm³/mol. The molecule has 5 heteroatoms. The lowest BCUT2D eigenvalue weighted by Gasteiger charge is -2.30. The molecule has 1 fully saturated rings. The molecular weight excluding hydrogens is 351 g/mol. The molecule has 1 saturated heterocycles. The smallest absolute Gasteiger partial charge is 0.253 e. The van der Waals surface area contributed by atoms with E-state index in [2.05, 4.69) is 22.6 Å². The molecule has 1 aliphatic heterocycles. The van der Waals surface area contributed by atoms with Crippen LogP contribution in [0.1, 0.15) is 23.2 Å². The van der Waals surface area contributed by atoms with Crippen molar-refractivity contribution in [3.05, 3.63) is 33.4 Å². The third kappa shape index (κ3) is 3.82. The van der Waals surface area contributed by atoms with Crippen LogP contribution in [0.2, 0.25) is 0 Å². The van der Waals surface area contributed by atoms with E-state index in [0.29, 0.717) is 0 Å². The molecule has 0 bridgehead atoms. The van der Waals surface area contributed by atoms with Crippen LogP contribution in [0.4, 0.5) is 0 Å². The number of nitrogens with two attached hydrogens (primary N) is 1. The van der Waals surface area contributed by atoms with Crippen molar-refractivity contribution in [2.45, 2.75) is 18.9 Å². The third-order valence-electron chi connectivity index (χ3n) is 2.92. The first kappa shape index (κ1) is 14.7. The van der Waals surface area contributed by atoms with E-state index < -0.39 is 0 Å². The minimum atomic E-state index is 0. The Hall–Kier alpha value is -0.330. The van der Waals surface area contributed by atoms with Gasteiger partial charge in [-0.05, 0) is 59.7 Å². The minimum absolute atomic E-state index is 0. The summed E-state index contributed by atoms with van der Waals surface area (Å²) < 4.78 is 1.15. The zero-order valence-corrected chi connectivity index (χ0v) is 12.4. The van der Waals surface area contributed by atoms with E-state index in [1.165, 1.54) is 0 Å². The molecule has 1 amide bonds. The number of rotatable bonds is 1. The van der Waals surface area contributed by atoms with E-state index in [-0.39, 0.29) is 24.4 Å². The molecule has 0 radical (unpaired) electrons. The number of piperidine rings is 1. The van der Waals surface area contributed by atoms with Gasteiger partial charge < -0.3 is 10.6 Å². The first-order valence-electron chi connectivity index (χ1n) is 5.47. The lowest BCUT2D eigenvalue weighted by atomic mass is 10.1. The molecule has 2 N–H and O–H groups in total. The third-order valence-corrected chi connectivity index (χ3v) is 3.64. The maximum absolute atomic E-state index is 12.1. The molecule has 0 atom stereocenters. The molecule has 1 aromatic carbocycles. The Morgan fingerprint density at radius 2 is 1.76 bits per heavy atom. The lowest BCUT2D eigenvalue weighted by Crippen LogP contribution is -2.42. The lowest BCUT2D eigenvalue weighted by molar-refractivity contribution is 0.0715. The zero-order chi connectivity index (χ0) is 11.5. The van der Waals surface area contributed by atoms with Crippen LogP contribution in [0.15, 0.2) is 24.3 Å². The van der Waals surface area contributed by atoms with Crippen molar-refractivity contribution in [1.82, 2.24) is 4.90 Å². The van der Waals surface area contributed by atoms with Gasteiger partial charge in [-0.25, -0.2) is 0 Å². The maximum atomic E-state index is 12.1. The Balaban J connectivity index is 0.00000144. The maximum Gasteiger partial charge on any atom is 0.253 e. The van der Waals surface area contributed by atoms with Crippen molar-refractivity contribution in [2.75, 3.05) is 13.1 Å². The fraction of sp³-hybridized carbons (Fsp3) is 0.417. The van der Waals surface area contributed by atoms with E-state index in [9.17, 15) is 4.79 Å². The fourth-order valence-corrected chi connectivity index (χ4v) is 2.24. The van der Waals surface area contributed by atoms with Crippen LogP contribution in [-0.4, -0.2) is 29.9 Å². The van der Waals surface area contributed by atoms with E-state index in [1.54, 1.807) is 0 Å². The van der Waals surface area contributed by atoms with E-state index in [4.69, 9.17) is 5.73 Å². The second kappa shape index (κ2) is 6.56. The Morgan fingerprint density at radius 3 is 2.29 bits per heavy atom. The van der Waals surface area contributed by atoms with Crippen molar-refractivity contribution in [3.8, 4) is 0 Å². The summed E-state index contributed by atoms with van der Waals surface area (Å²) in [5.74, 6) is 0.128. The topological polar surface area (TPSA) is 46.3 Å². The Bertz CT molecular complexity index is 375. The molecule has 17 heavy (non-hydrogen) atoms. The highest BCUT2D eigenvalue weighted by Crippen LogP contribution is 2.14. The summed E-state index contributed by atoms with van der Waals surface area (Å²) in [5.41, 5.74) is 6.59. The largest absolute Gasteiger partial charge is 0.339 e. The minimum Gasteiger partial charge on any atom is -0.339 e. The summed E-state index contributed by atoms with van der Waals surface area (Å²) in [5, 5.41) is 0. The van der Waals surface area contributed by atoms with Gasteiger partial charge in [0.1, 0.15) is 0 Å². The number of halogens is 2. The van der Waals surface area contributed by atoms with Gasteiger partial charge in [-0.1, -0.05) is 0 Å². The van der Waals surface area contributed by atoms with Gasteiger partial charge in [-0.3, -0.25) is 4.79 Å². The first-order valence-corrected chi connectivity index (χ1v) is 6.55. The van der Waals surface area contributed by atoms with E-state index >= 15 is 0 Å². The summed E-state index contributed by atoms with van der Waals surface area (Å²) in [7, 11) is 0. The average molecular weight is 367 g/mol. The van der Waals surface area contributed by atoms with Crippen LogP contribution in [0.5, 0.6) is 0 Å². The summed E-state index contributed by atoms with van der Waals surface area (Å²) in [6.07, 6.45) is 1.83. The van der Waals surface area contributed by atoms with Crippen LogP contribution >= 0.6 is 35.0 Å². The Morgan fingerprint density at radius 1 is 1.24 bits per heavy atom. The highest BCUT2D eigenvalue weighted by molar-refractivity contribution is 14.1. The number of likely N-dealkylation sites (tertiary alicyclic amines) is 1. The van der Waals surface area contributed by atoms with Gasteiger partial charge in [0.2, 0.25) is 0 Å². The molecule has 1 heterocycles. The number of hydrogen-bond acceptors (Lipinski definition) is 2. The zero-order valence-electron chi connectivity index (χ0n) is 9.43. The van der Waals surface area contributed by atoms with Crippen molar-refractivity contribution in [2.24, 2.45) is 5.73 Å². The van der Waals surface area contributed by atoms with Gasteiger partial charge in [-0.2, -0.15) is 0 Å². The summed E-state index contributed by atoms with van der Waals surface area (Å²) in [6.45, 7) is 1.57. The number of carbonyl (C=O) groups excluding carboxylic acids is 1. The summed E-state index contributed by atoms with van der Waals surface area (Å²) >= 11 is 2.24. The number of benzene rings is 1. The number of nitrogens with zero attached hydrogens (tertiary/aromatic N) is 1. The van der Waals surface area contributed by atoms with Crippen LogP contribution in [0.25, 0.3) is 0 Å². The molecule has 94 valence electrons. The standard InChI is InChI=1S/C12H15IN2O.ClH/c13-10-3-1-9(2-4-10)12(16)15-7-5-11(14)6-8-15;/h1-4,11H,5-8,14H2;1H. The molecule has 1 aliphatic rings. The second-order valence-electron chi connectivity index (χ2n) is 4.14. The van der Waals surface area contributed by atoms with Crippen molar-refractivity contribution >= 4 is 40.9 Å². The molecule has 0 aliphatic carbocycles. The van der Waals surface area contributed by atoms with Gasteiger partial charge in [0.25, 0.3) is 5.91 Å². The van der Waals surface area contributed by atoms with Gasteiger partial charge in [0.05, 0.1) is 0 Å². The quantitative estimate of drug-likeness (QED) is 0.775. The monoisotopic (exact) mass is 366 g/mol. The highest BCUT2D eigenvalue weighted by Gasteiger charge is 2.21. The van der Waals surface area contributed by atoms with Gasteiger partial charge >= 0.3 is 0 Å². The molecule has 1 aromatic rings. The van der Waals surface area contributed by atoms with E-state index in [0.717, 1.165) is 35.1 Å². The van der Waals surface area contributed by atoms with Gasteiger partial charge in [0, 0.05) is 28.3 Å². The van der Waals surface area contributed by atoms with Crippen LogP contribution in [-0.2, 0) is 0 Å². The Kier molecular flexibility index (Phi) is 5.69. The second-order valence-corrected chi connectivity index (χ2v) is 5.38. The molecule has 0 spiro atoms. The van der Waals surface area contributed by atoms with Gasteiger partial charge in [0.15, 0.2) is 0 Å². The molecule has 0 saturated carbocycles. The van der Waals surface area contributed by atoms with Crippen LogP contribution in [0, 0.1) is 3.57 Å². The number of hydrogen-bond donors (Lipinski definition) is 1. The highest BCUT2D eigenvalue weighted by atomic mass is 127. The van der Waals surface area contributed by atoms with Crippen LogP contribution in [0.3, 0.4) is 0 Å². The SMILES string of the molecule is Cl.NC1CCN(C(=O)c2ccc(I)cc2)CC1. The normalized spacial score (nSPS) is 16.5. The summed E-state index contributed by atoms with van der Waals surface area (Å²) in [4.78, 5) is 14.0. The van der Waals surface area contributed by atoms with Crippen molar-refractivity contribution < 1.29 is 4.79 Å². The fourth-order valence-electron chi connectivity index (χ4n) is 1.88. The van der Waals surface area contributed by atoms with Crippen LogP contribution < -0.4 is 5.73 Å². The molecule has 3 nitrogen and oxygen atoms in total. The van der Waals surface area contributed by atoms with Gasteiger partial charge in [-0.15, -0.1) is 12.4 Å². The van der Waals surface area contributed by atoms with Crippen molar-refractivity contribution in [1.29, 1.82) is 0 Å². The number of amides is 1. The Labute approximate surface area is 121 Å². The molecule has 0 aromatic heterocycles. The molecular formula is C12H16ClIN2O. The van der Waals surface area contributed by atoms with E-state index in [1.807, 2.05) is 29.2 Å². The molecule has 0 unspecified atom stereocenters. The number of carbonyl (C=O) groups is 1.